The number of aliphatic hydroxyl groups is 1. The maximum atomic E-state index is 13.2. The van der Waals surface area contributed by atoms with Crippen LogP contribution in [-0.2, 0) is 14.3 Å². The quantitative estimate of drug-likeness (QED) is 0.241. The van der Waals surface area contributed by atoms with Gasteiger partial charge in [0, 0.05) is 12.8 Å². The number of likely N-dealkylation sites (tertiary alicyclic amines) is 1. The summed E-state index contributed by atoms with van der Waals surface area (Å²) in [5.41, 5.74) is 0.298. The van der Waals surface area contributed by atoms with Gasteiger partial charge in [0.1, 0.15) is 6.10 Å². The van der Waals surface area contributed by atoms with Crippen molar-refractivity contribution in [1.29, 1.82) is 10.8 Å². The van der Waals surface area contributed by atoms with E-state index in [0.717, 1.165) is 16.0 Å². The Bertz CT molecular complexity index is 1300. The molecule has 208 valence electrons. The summed E-state index contributed by atoms with van der Waals surface area (Å²) in [7, 11) is 0. The van der Waals surface area contributed by atoms with Crippen molar-refractivity contribution >= 4 is 29.8 Å². The van der Waals surface area contributed by atoms with Crippen LogP contribution in [0.3, 0.4) is 0 Å². The highest BCUT2D eigenvalue weighted by molar-refractivity contribution is 6.02. The maximum Gasteiger partial charge on any atom is 0.408 e. The summed E-state index contributed by atoms with van der Waals surface area (Å²) in [5.74, 6) is -0.770. The molecule has 7 N–H and O–H groups in total. The Morgan fingerprint density at radius 3 is 2.23 bits per heavy atom. The summed E-state index contributed by atoms with van der Waals surface area (Å²) in [4.78, 5) is 40.4. The normalized spacial score (nSPS) is 29.1. The van der Waals surface area contributed by atoms with Gasteiger partial charge >= 0.3 is 6.09 Å². The molecule has 13 nitrogen and oxygen atoms in total. The van der Waals surface area contributed by atoms with E-state index < -0.39 is 42.1 Å². The average Bonchev–Trinajstić information content (AvgIpc) is 3.57. The molecule has 1 spiro atoms. The number of imide groups is 1. The fraction of sp³-hybridized carbons (Fsp3) is 0.370. The summed E-state index contributed by atoms with van der Waals surface area (Å²) in [6, 6.07) is 17.0. The van der Waals surface area contributed by atoms with Crippen LogP contribution in [-0.4, -0.2) is 87.8 Å². The molecule has 40 heavy (non-hydrogen) atoms. The van der Waals surface area contributed by atoms with Crippen LogP contribution in [0.25, 0.3) is 0 Å². The number of aliphatic hydroxyl groups excluding tert-OH is 1. The number of nitrogens with one attached hydrogen (secondary N) is 6. The van der Waals surface area contributed by atoms with Crippen molar-refractivity contribution in [2.24, 2.45) is 0 Å². The molecule has 0 aromatic heterocycles. The third-order valence-corrected chi connectivity index (χ3v) is 8.03. The van der Waals surface area contributed by atoms with Crippen LogP contribution in [0.1, 0.15) is 30.0 Å². The molecule has 0 radical (unpaired) electrons. The molecule has 0 bridgehead atoms. The van der Waals surface area contributed by atoms with E-state index in [1.54, 1.807) is 0 Å². The maximum absolute atomic E-state index is 13.2. The first-order valence-electron chi connectivity index (χ1n) is 13.1. The number of carbonyl (C=O) groups is 3. The first-order valence-corrected chi connectivity index (χ1v) is 13.1. The lowest BCUT2D eigenvalue weighted by Gasteiger charge is -2.49. The van der Waals surface area contributed by atoms with Gasteiger partial charge in [0.15, 0.2) is 23.7 Å². The van der Waals surface area contributed by atoms with Crippen LogP contribution in [0.4, 0.5) is 4.79 Å². The number of amides is 3. The second kappa shape index (κ2) is 9.83. The number of guanidine groups is 2. The van der Waals surface area contributed by atoms with Gasteiger partial charge in [-0.1, -0.05) is 60.7 Å². The van der Waals surface area contributed by atoms with E-state index in [1.807, 2.05) is 60.7 Å². The van der Waals surface area contributed by atoms with Gasteiger partial charge in [0.05, 0.1) is 31.2 Å². The molecule has 3 amide bonds. The molecule has 13 heteroatoms. The highest BCUT2D eigenvalue weighted by atomic mass is 16.6. The van der Waals surface area contributed by atoms with Crippen LogP contribution >= 0.6 is 0 Å². The lowest BCUT2D eigenvalue weighted by atomic mass is 9.87. The SMILES string of the molecule is N=C1NC2C(CN3C(=O)CCC3=O)NC(=N)N3C[C@H](OC(=O)NC(c4ccccc4)c4ccccc4)[C@@H](O)C23N1. The fourth-order valence-electron chi connectivity index (χ4n) is 6.18. The van der Waals surface area contributed by atoms with Gasteiger partial charge in [-0.15, -0.1) is 0 Å². The molecule has 4 aliphatic rings. The molecule has 4 fully saturated rings. The molecule has 2 aromatic rings. The number of carbonyl (C=O) groups excluding carboxylic acids is 3. The number of alkyl carbamates (subject to hydrolysis) is 1. The molecular formula is C27H30N8O5. The molecule has 6 rings (SSSR count). The zero-order chi connectivity index (χ0) is 28.0. The molecule has 4 heterocycles. The van der Waals surface area contributed by atoms with E-state index in [-0.39, 0.29) is 49.7 Å². The van der Waals surface area contributed by atoms with Gasteiger partial charge in [-0.05, 0) is 11.1 Å². The van der Waals surface area contributed by atoms with Gasteiger partial charge < -0.3 is 36.0 Å². The Hall–Kier alpha value is -4.65. The van der Waals surface area contributed by atoms with Gasteiger partial charge in [0.25, 0.3) is 0 Å². The van der Waals surface area contributed by atoms with Crippen molar-refractivity contribution in [3.05, 3.63) is 71.8 Å². The van der Waals surface area contributed by atoms with E-state index >= 15 is 0 Å². The Balaban J connectivity index is 1.22. The number of nitrogens with zero attached hydrogens (tertiary/aromatic N) is 2. The molecule has 0 saturated carbocycles. The van der Waals surface area contributed by atoms with E-state index in [9.17, 15) is 19.5 Å². The van der Waals surface area contributed by atoms with Gasteiger partial charge in [-0.3, -0.25) is 25.3 Å². The zero-order valence-corrected chi connectivity index (χ0v) is 21.5. The van der Waals surface area contributed by atoms with Crippen molar-refractivity contribution in [3.63, 3.8) is 0 Å². The Morgan fingerprint density at radius 2 is 1.62 bits per heavy atom. The minimum atomic E-state index is -1.40. The molecular weight excluding hydrogens is 516 g/mol. The third kappa shape index (κ3) is 4.18. The second-order valence-corrected chi connectivity index (χ2v) is 10.3. The summed E-state index contributed by atoms with van der Waals surface area (Å²) in [6.07, 6.45) is -2.88. The molecule has 5 atom stereocenters. The molecule has 2 aromatic carbocycles. The molecule has 4 saturated heterocycles. The minimum Gasteiger partial charge on any atom is -0.441 e. The Kier molecular flexibility index (Phi) is 6.29. The van der Waals surface area contributed by atoms with Crippen molar-refractivity contribution in [1.82, 2.24) is 31.1 Å². The summed E-state index contributed by atoms with van der Waals surface area (Å²) in [5, 5.41) is 40.3. The monoisotopic (exact) mass is 546 g/mol. The van der Waals surface area contributed by atoms with E-state index in [2.05, 4.69) is 21.3 Å². The molecule has 0 aliphatic carbocycles. The van der Waals surface area contributed by atoms with Crippen molar-refractivity contribution < 1.29 is 24.2 Å². The Morgan fingerprint density at radius 1 is 1.02 bits per heavy atom. The van der Waals surface area contributed by atoms with Gasteiger partial charge in [-0.2, -0.15) is 0 Å². The third-order valence-electron chi connectivity index (χ3n) is 8.03. The smallest absolute Gasteiger partial charge is 0.408 e. The highest BCUT2D eigenvalue weighted by Gasteiger charge is 2.67. The van der Waals surface area contributed by atoms with Crippen molar-refractivity contribution in [2.45, 2.75) is 48.8 Å². The summed E-state index contributed by atoms with van der Waals surface area (Å²) in [6.45, 7) is -0.0503. The van der Waals surface area contributed by atoms with Gasteiger partial charge in [0.2, 0.25) is 11.8 Å². The second-order valence-electron chi connectivity index (χ2n) is 10.3. The van der Waals surface area contributed by atoms with Crippen LogP contribution in [0.5, 0.6) is 0 Å². The largest absolute Gasteiger partial charge is 0.441 e. The number of benzene rings is 2. The standard InChI is InChI=1S/C27H30N8O5/c28-24-32-22-17(13-34-19(36)11-12-20(34)37)30-25(29)35-14-18(23(38)27(22,35)33-24)40-26(39)31-21(15-7-3-1-4-8-15)16-9-5-2-6-10-16/h1-10,17-18,21-23,38H,11-14H2,(H2,29,30)(H,31,39)(H3,28,32,33)/t17?,18-,22?,23+,27?/m0/s1. The lowest BCUT2D eigenvalue weighted by molar-refractivity contribution is -0.139. The van der Waals surface area contributed by atoms with Crippen molar-refractivity contribution in [2.75, 3.05) is 13.1 Å². The zero-order valence-electron chi connectivity index (χ0n) is 21.5. The summed E-state index contributed by atoms with van der Waals surface area (Å²) >= 11 is 0. The fourth-order valence-corrected chi connectivity index (χ4v) is 6.18. The van der Waals surface area contributed by atoms with E-state index in [1.165, 1.54) is 4.90 Å². The van der Waals surface area contributed by atoms with Crippen LogP contribution in [0, 0.1) is 10.8 Å². The number of rotatable bonds is 6. The van der Waals surface area contributed by atoms with Crippen molar-refractivity contribution in [3.8, 4) is 0 Å². The van der Waals surface area contributed by atoms with Gasteiger partial charge in [-0.25, -0.2) is 4.79 Å². The van der Waals surface area contributed by atoms with E-state index in [4.69, 9.17) is 15.6 Å². The Labute approximate surface area is 229 Å². The van der Waals surface area contributed by atoms with Crippen LogP contribution in [0.15, 0.2) is 60.7 Å². The predicted molar refractivity (Wildman–Crippen MR) is 142 cm³/mol. The number of hydrogen-bond acceptors (Lipinski definition) is 7. The average molecular weight is 547 g/mol. The van der Waals surface area contributed by atoms with E-state index in [0.29, 0.717) is 0 Å². The predicted octanol–water partition coefficient (Wildman–Crippen LogP) is -0.205. The number of hydrogen-bond donors (Lipinski definition) is 7. The first-order chi connectivity index (χ1) is 19.3. The molecule has 3 unspecified atom stereocenters. The highest BCUT2D eigenvalue weighted by Crippen LogP contribution is 2.39. The first kappa shape index (κ1) is 25.6. The lowest BCUT2D eigenvalue weighted by Crippen LogP contribution is -2.78. The van der Waals surface area contributed by atoms with Crippen LogP contribution in [0.2, 0.25) is 0 Å². The number of ether oxygens (including phenoxy) is 1. The van der Waals surface area contributed by atoms with Crippen LogP contribution < -0.4 is 21.3 Å². The minimum absolute atomic E-state index is 0.0193. The topological polar surface area (TPSA) is 183 Å². The molecule has 4 aliphatic heterocycles. The summed E-state index contributed by atoms with van der Waals surface area (Å²) < 4.78 is 5.76.